The van der Waals surface area contributed by atoms with E-state index in [-0.39, 0.29) is 6.04 Å². The Balaban J connectivity index is 2.02. The predicted molar refractivity (Wildman–Crippen MR) is 68.3 cm³/mol. The third-order valence-electron chi connectivity index (χ3n) is 2.67. The molecule has 0 saturated heterocycles. The van der Waals surface area contributed by atoms with Crippen molar-refractivity contribution in [3.8, 4) is 6.07 Å². The van der Waals surface area contributed by atoms with Gasteiger partial charge in [-0.15, -0.1) is 0 Å². The van der Waals surface area contributed by atoms with E-state index < -0.39 is 0 Å². The summed E-state index contributed by atoms with van der Waals surface area (Å²) in [6, 6.07) is 14.1. The van der Waals surface area contributed by atoms with Crippen molar-refractivity contribution in [3.05, 3.63) is 60.2 Å². The van der Waals surface area contributed by atoms with Gasteiger partial charge in [0.1, 0.15) is 6.33 Å². The van der Waals surface area contributed by atoms with Crippen LogP contribution in [-0.4, -0.2) is 9.97 Å². The lowest BCUT2D eigenvalue weighted by atomic mass is 10.0. The van der Waals surface area contributed by atoms with E-state index in [1.807, 2.05) is 36.4 Å². The number of aromatic nitrogens is 2. The van der Waals surface area contributed by atoms with Crippen LogP contribution in [0.25, 0.3) is 0 Å². The van der Waals surface area contributed by atoms with E-state index in [2.05, 4.69) is 21.4 Å². The maximum atomic E-state index is 8.88. The first-order valence-corrected chi connectivity index (χ1v) is 5.80. The Morgan fingerprint density at radius 2 is 2.06 bits per heavy atom. The normalized spacial score (nSPS) is 11.7. The van der Waals surface area contributed by atoms with Gasteiger partial charge in [0, 0.05) is 18.8 Å². The Morgan fingerprint density at radius 3 is 2.72 bits per heavy atom. The second kappa shape index (κ2) is 6.48. The van der Waals surface area contributed by atoms with Gasteiger partial charge in [0.25, 0.3) is 0 Å². The lowest BCUT2D eigenvalue weighted by Gasteiger charge is -2.15. The summed E-state index contributed by atoms with van der Waals surface area (Å²) in [5.74, 6) is 0. The Hall–Kier alpha value is -2.25. The van der Waals surface area contributed by atoms with E-state index in [0.29, 0.717) is 13.0 Å². The number of nitriles is 1. The fourth-order valence-corrected chi connectivity index (χ4v) is 1.73. The van der Waals surface area contributed by atoms with Crippen molar-refractivity contribution in [1.29, 1.82) is 5.26 Å². The molecule has 0 spiro atoms. The maximum absolute atomic E-state index is 8.88. The number of nitrogens with zero attached hydrogens (tertiary/aromatic N) is 3. The highest BCUT2D eigenvalue weighted by Gasteiger charge is 2.10. The third-order valence-corrected chi connectivity index (χ3v) is 2.67. The van der Waals surface area contributed by atoms with Crippen molar-refractivity contribution in [1.82, 2.24) is 15.3 Å². The van der Waals surface area contributed by atoms with Crippen LogP contribution < -0.4 is 5.32 Å². The number of nitrogens with one attached hydrogen (secondary N) is 1. The van der Waals surface area contributed by atoms with Gasteiger partial charge in [0.15, 0.2) is 0 Å². The standard InChI is InChI=1S/C14H14N4/c15-8-6-14(12-4-2-1-3-5-12)17-10-13-7-9-16-11-18-13/h1-5,7,9,11,14,17H,6,10H2. The molecule has 0 amide bonds. The molecule has 0 aliphatic rings. The van der Waals surface area contributed by atoms with Gasteiger partial charge in [-0.3, -0.25) is 0 Å². The Morgan fingerprint density at radius 1 is 1.22 bits per heavy atom. The SMILES string of the molecule is N#CCC(NCc1ccncn1)c1ccccc1. The van der Waals surface area contributed by atoms with Crippen molar-refractivity contribution in [2.24, 2.45) is 0 Å². The van der Waals surface area contributed by atoms with Gasteiger partial charge < -0.3 is 5.32 Å². The summed E-state index contributed by atoms with van der Waals surface area (Å²) in [5.41, 5.74) is 2.04. The van der Waals surface area contributed by atoms with E-state index in [9.17, 15) is 0 Å². The minimum atomic E-state index is 0.0335. The lowest BCUT2D eigenvalue weighted by molar-refractivity contribution is 0.536. The van der Waals surface area contributed by atoms with E-state index >= 15 is 0 Å². The van der Waals surface area contributed by atoms with E-state index in [1.54, 1.807) is 6.20 Å². The molecule has 2 rings (SSSR count). The molecule has 0 saturated carbocycles. The van der Waals surface area contributed by atoms with Gasteiger partial charge in [-0.25, -0.2) is 9.97 Å². The second-order valence-electron chi connectivity index (χ2n) is 3.91. The highest BCUT2D eigenvalue weighted by Crippen LogP contribution is 2.16. The molecule has 1 heterocycles. The van der Waals surface area contributed by atoms with Crippen LogP contribution in [0, 0.1) is 11.3 Å². The van der Waals surface area contributed by atoms with Crippen molar-refractivity contribution >= 4 is 0 Å². The largest absolute Gasteiger partial charge is 0.303 e. The van der Waals surface area contributed by atoms with Crippen LogP contribution in [-0.2, 0) is 6.54 Å². The average molecular weight is 238 g/mol. The van der Waals surface area contributed by atoms with Gasteiger partial charge in [0.2, 0.25) is 0 Å². The Bertz CT molecular complexity index is 504. The zero-order chi connectivity index (χ0) is 12.6. The summed E-state index contributed by atoms with van der Waals surface area (Å²) >= 11 is 0. The summed E-state index contributed by atoms with van der Waals surface area (Å²) in [6.07, 6.45) is 3.68. The fourth-order valence-electron chi connectivity index (χ4n) is 1.73. The summed E-state index contributed by atoms with van der Waals surface area (Å²) in [4.78, 5) is 8.02. The highest BCUT2D eigenvalue weighted by atomic mass is 14.9. The molecule has 0 radical (unpaired) electrons. The molecule has 1 unspecified atom stereocenters. The molecule has 0 aliphatic heterocycles. The number of benzene rings is 1. The topological polar surface area (TPSA) is 61.6 Å². The van der Waals surface area contributed by atoms with Gasteiger partial charge in [-0.2, -0.15) is 5.26 Å². The number of hydrogen-bond acceptors (Lipinski definition) is 4. The highest BCUT2D eigenvalue weighted by molar-refractivity contribution is 5.20. The molecule has 4 nitrogen and oxygen atoms in total. The van der Waals surface area contributed by atoms with Crippen molar-refractivity contribution in [2.45, 2.75) is 19.0 Å². The Kier molecular flexibility index (Phi) is 4.39. The maximum Gasteiger partial charge on any atom is 0.115 e. The molecule has 18 heavy (non-hydrogen) atoms. The molecule has 0 aliphatic carbocycles. The average Bonchev–Trinajstić information content (AvgIpc) is 2.45. The minimum Gasteiger partial charge on any atom is -0.303 e. The first-order valence-electron chi connectivity index (χ1n) is 5.80. The number of rotatable bonds is 5. The van der Waals surface area contributed by atoms with Crippen molar-refractivity contribution in [3.63, 3.8) is 0 Å². The first-order chi connectivity index (χ1) is 8.90. The summed E-state index contributed by atoms with van der Waals surface area (Å²) in [7, 11) is 0. The molecular weight excluding hydrogens is 224 g/mol. The summed E-state index contributed by atoms with van der Waals surface area (Å²) in [5, 5.41) is 12.2. The van der Waals surface area contributed by atoms with Crippen LogP contribution in [0.15, 0.2) is 48.9 Å². The van der Waals surface area contributed by atoms with Crippen LogP contribution in [0.1, 0.15) is 23.7 Å². The van der Waals surface area contributed by atoms with E-state index in [0.717, 1.165) is 11.3 Å². The van der Waals surface area contributed by atoms with Crippen molar-refractivity contribution < 1.29 is 0 Å². The third kappa shape index (κ3) is 3.37. The molecule has 4 heteroatoms. The van der Waals surface area contributed by atoms with E-state index in [4.69, 9.17) is 5.26 Å². The molecule has 1 atom stereocenters. The zero-order valence-electron chi connectivity index (χ0n) is 9.95. The minimum absolute atomic E-state index is 0.0335. The molecule has 1 N–H and O–H groups in total. The number of hydrogen-bond donors (Lipinski definition) is 1. The van der Waals surface area contributed by atoms with Gasteiger partial charge >= 0.3 is 0 Å². The quantitative estimate of drug-likeness (QED) is 0.867. The Labute approximate surface area is 106 Å². The summed E-state index contributed by atoms with van der Waals surface area (Å²) < 4.78 is 0. The predicted octanol–water partition coefficient (Wildman–Crippen LogP) is 2.22. The molecule has 1 aromatic carbocycles. The lowest BCUT2D eigenvalue weighted by Crippen LogP contribution is -2.21. The van der Waals surface area contributed by atoms with Crippen LogP contribution >= 0.6 is 0 Å². The monoisotopic (exact) mass is 238 g/mol. The van der Waals surface area contributed by atoms with Crippen molar-refractivity contribution in [2.75, 3.05) is 0 Å². The smallest absolute Gasteiger partial charge is 0.115 e. The molecule has 0 fully saturated rings. The molecular formula is C14H14N4. The zero-order valence-corrected chi connectivity index (χ0v) is 9.95. The van der Waals surface area contributed by atoms with Crippen LogP contribution in [0.4, 0.5) is 0 Å². The van der Waals surface area contributed by atoms with Crippen LogP contribution in [0.5, 0.6) is 0 Å². The second-order valence-corrected chi connectivity index (χ2v) is 3.91. The van der Waals surface area contributed by atoms with Gasteiger partial charge in [-0.05, 0) is 11.6 Å². The molecule has 90 valence electrons. The molecule has 0 bridgehead atoms. The first kappa shape index (κ1) is 12.2. The van der Waals surface area contributed by atoms with Crippen LogP contribution in [0.2, 0.25) is 0 Å². The molecule has 1 aromatic heterocycles. The molecule has 2 aromatic rings. The van der Waals surface area contributed by atoms with Gasteiger partial charge in [0.05, 0.1) is 18.2 Å². The van der Waals surface area contributed by atoms with Crippen LogP contribution in [0.3, 0.4) is 0 Å². The van der Waals surface area contributed by atoms with E-state index in [1.165, 1.54) is 6.33 Å². The fraction of sp³-hybridized carbons (Fsp3) is 0.214. The summed E-state index contributed by atoms with van der Waals surface area (Å²) in [6.45, 7) is 0.629. The van der Waals surface area contributed by atoms with Gasteiger partial charge in [-0.1, -0.05) is 30.3 Å².